The summed E-state index contributed by atoms with van der Waals surface area (Å²) < 4.78 is 0. The minimum absolute atomic E-state index is 0.110. The Balaban J connectivity index is 2.05. The van der Waals surface area contributed by atoms with E-state index in [4.69, 9.17) is 5.26 Å². The summed E-state index contributed by atoms with van der Waals surface area (Å²) in [5, 5.41) is 12.0. The van der Waals surface area contributed by atoms with Gasteiger partial charge in [-0.25, -0.2) is 4.79 Å². The highest BCUT2D eigenvalue weighted by atomic mass is 16.2. The number of nitrogens with one attached hydrogen (secondary N) is 1. The Morgan fingerprint density at radius 1 is 1.13 bits per heavy atom. The second kappa shape index (κ2) is 6.37. The molecule has 1 N–H and O–H groups in total. The highest BCUT2D eigenvalue weighted by molar-refractivity contribution is 5.86. The van der Waals surface area contributed by atoms with Crippen molar-refractivity contribution >= 4 is 11.6 Å². The van der Waals surface area contributed by atoms with Crippen LogP contribution in [0.5, 0.6) is 0 Å². The fraction of sp³-hybridized carbons (Fsp3) is 0.158. The number of hydrogen-bond acceptors (Lipinski definition) is 2. The zero-order valence-corrected chi connectivity index (χ0v) is 12.9. The molecule has 0 saturated carbocycles. The van der Waals surface area contributed by atoms with Crippen LogP contribution in [-0.4, -0.2) is 17.5 Å². The molecule has 4 nitrogen and oxygen atoms in total. The summed E-state index contributed by atoms with van der Waals surface area (Å²) in [6, 6.07) is 19.1. The molecule has 1 aliphatic rings. The molecule has 1 unspecified atom stereocenters. The van der Waals surface area contributed by atoms with Gasteiger partial charge in [0.15, 0.2) is 0 Å². The summed E-state index contributed by atoms with van der Waals surface area (Å²) in [6.07, 6.45) is 1.91. The van der Waals surface area contributed by atoms with Gasteiger partial charge in [0.05, 0.1) is 17.7 Å². The Bertz CT molecular complexity index is 773. The fourth-order valence-electron chi connectivity index (χ4n) is 2.70. The van der Waals surface area contributed by atoms with Gasteiger partial charge >= 0.3 is 6.03 Å². The van der Waals surface area contributed by atoms with Gasteiger partial charge in [0.2, 0.25) is 0 Å². The number of nitriles is 1. The van der Waals surface area contributed by atoms with E-state index < -0.39 is 0 Å². The van der Waals surface area contributed by atoms with Gasteiger partial charge in [-0.1, -0.05) is 42.5 Å². The molecule has 23 heavy (non-hydrogen) atoms. The molecule has 1 aliphatic heterocycles. The van der Waals surface area contributed by atoms with Crippen molar-refractivity contribution in [2.45, 2.75) is 13.0 Å². The van der Waals surface area contributed by atoms with Crippen LogP contribution < -0.4 is 5.32 Å². The molecule has 2 aromatic rings. The topological polar surface area (TPSA) is 56.1 Å². The lowest BCUT2D eigenvalue weighted by molar-refractivity contribution is 0.212. The van der Waals surface area contributed by atoms with Crippen LogP contribution in [0.15, 0.2) is 60.8 Å². The second-order valence-electron chi connectivity index (χ2n) is 5.35. The predicted octanol–water partition coefficient (Wildman–Crippen LogP) is 3.69. The van der Waals surface area contributed by atoms with Crippen molar-refractivity contribution in [3.63, 3.8) is 0 Å². The van der Waals surface area contributed by atoms with E-state index in [0.29, 0.717) is 12.1 Å². The monoisotopic (exact) mass is 303 g/mol. The van der Waals surface area contributed by atoms with Crippen LogP contribution in [0, 0.1) is 11.3 Å². The van der Waals surface area contributed by atoms with Crippen molar-refractivity contribution in [2.24, 2.45) is 0 Å². The van der Waals surface area contributed by atoms with Gasteiger partial charge in [-0.2, -0.15) is 5.26 Å². The van der Waals surface area contributed by atoms with Gasteiger partial charge in [0, 0.05) is 18.3 Å². The molecule has 3 rings (SSSR count). The molecule has 2 aromatic carbocycles. The quantitative estimate of drug-likeness (QED) is 0.940. The SMILES string of the molecule is CCN1C=C(c2ccccc2)C(c2ccc(C#N)cc2)NC1=O. The van der Waals surface area contributed by atoms with Crippen molar-refractivity contribution in [2.75, 3.05) is 6.54 Å². The molecule has 0 bridgehead atoms. The molecule has 0 radical (unpaired) electrons. The van der Waals surface area contributed by atoms with Crippen molar-refractivity contribution in [3.8, 4) is 6.07 Å². The molecule has 0 spiro atoms. The van der Waals surface area contributed by atoms with E-state index in [0.717, 1.165) is 16.7 Å². The van der Waals surface area contributed by atoms with E-state index in [9.17, 15) is 4.79 Å². The number of carbonyl (C=O) groups excluding carboxylic acids is 1. The molecule has 0 aromatic heterocycles. The standard InChI is InChI=1S/C19H17N3O/c1-2-22-13-17(15-6-4-3-5-7-15)18(21-19(22)23)16-10-8-14(12-20)9-11-16/h3-11,13,18H,2H2,1H3,(H,21,23). The first kappa shape index (κ1) is 14.9. The van der Waals surface area contributed by atoms with Crippen LogP contribution in [0.25, 0.3) is 5.57 Å². The van der Waals surface area contributed by atoms with E-state index in [1.165, 1.54) is 0 Å². The Labute approximate surface area is 135 Å². The average molecular weight is 303 g/mol. The lowest BCUT2D eigenvalue weighted by Gasteiger charge is -2.32. The number of urea groups is 1. The molecule has 0 aliphatic carbocycles. The number of benzene rings is 2. The van der Waals surface area contributed by atoms with Gasteiger partial charge in [-0.05, 0) is 30.2 Å². The van der Waals surface area contributed by atoms with E-state index in [-0.39, 0.29) is 12.1 Å². The summed E-state index contributed by atoms with van der Waals surface area (Å²) in [5.41, 5.74) is 3.68. The first-order chi connectivity index (χ1) is 11.2. The lowest BCUT2D eigenvalue weighted by Crippen LogP contribution is -2.43. The van der Waals surface area contributed by atoms with Crippen molar-refractivity contribution in [3.05, 3.63) is 77.5 Å². The maximum absolute atomic E-state index is 12.2. The van der Waals surface area contributed by atoms with Crippen molar-refractivity contribution in [1.29, 1.82) is 5.26 Å². The molecule has 1 heterocycles. The van der Waals surface area contributed by atoms with Crippen LogP contribution in [0.3, 0.4) is 0 Å². The van der Waals surface area contributed by atoms with Crippen molar-refractivity contribution in [1.82, 2.24) is 10.2 Å². The molecular formula is C19H17N3O. The Morgan fingerprint density at radius 2 is 1.83 bits per heavy atom. The number of rotatable bonds is 3. The van der Waals surface area contributed by atoms with Crippen LogP contribution in [0.4, 0.5) is 4.79 Å². The van der Waals surface area contributed by atoms with Crippen molar-refractivity contribution < 1.29 is 4.79 Å². The Hall–Kier alpha value is -3.06. The highest BCUT2D eigenvalue weighted by Crippen LogP contribution is 2.33. The molecule has 1 atom stereocenters. The fourth-order valence-corrected chi connectivity index (χ4v) is 2.70. The van der Waals surface area contributed by atoms with Gasteiger partial charge in [-0.3, -0.25) is 0 Å². The molecule has 114 valence electrons. The third kappa shape index (κ3) is 2.95. The molecule has 0 fully saturated rings. The lowest BCUT2D eigenvalue weighted by atomic mass is 9.92. The smallest absolute Gasteiger partial charge is 0.322 e. The third-order valence-electron chi connectivity index (χ3n) is 3.96. The molecule has 2 amide bonds. The number of hydrogen-bond donors (Lipinski definition) is 1. The predicted molar refractivity (Wildman–Crippen MR) is 89.2 cm³/mol. The van der Waals surface area contributed by atoms with Crippen LogP contribution in [-0.2, 0) is 0 Å². The van der Waals surface area contributed by atoms with Gasteiger partial charge in [-0.15, -0.1) is 0 Å². The van der Waals surface area contributed by atoms with E-state index in [1.54, 1.807) is 17.0 Å². The van der Waals surface area contributed by atoms with Gasteiger partial charge in [0.1, 0.15) is 0 Å². The maximum atomic E-state index is 12.2. The van der Waals surface area contributed by atoms with Gasteiger partial charge < -0.3 is 10.2 Å². The Morgan fingerprint density at radius 3 is 2.43 bits per heavy atom. The first-order valence-electron chi connectivity index (χ1n) is 7.57. The summed E-state index contributed by atoms with van der Waals surface area (Å²) in [4.78, 5) is 13.9. The largest absolute Gasteiger partial charge is 0.327 e. The first-order valence-corrected chi connectivity index (χ1v) is 7.57. The third-order valence-corrected chi connectivity index (χ3v) is 3.96. The van der Waals surface area contributed by atoms with E-state index in [2.05, 4.69) is 11.4 Å². The minimum Gasteiger partial charge on any atom is -0.327 e. The summed E-state index contributed by atoms with van der Waals surface area (Å²) in [6.45, 7) is 2.56. The number of nitrogens with zero attached hydrogens (tertiary/aromatic N) is 2. The normalized spacial score (nSPS) is 17.2. The summed E-state index contributed by atoms with van der Waals surface area (Å²) in [7, 11) is 0. The second-order valence-corrected chi connectivity index (χ2v) is 5.35. The minimum atomic E-state index is -0.222. The summed E-state index contributed by atoms with van der Waals surface area (Å²) >= 11 is 0. The van der Waals surface area contributed by atoms with E-state index >= 15 is 0 Å². The van der Waals surface area contributed by atoms with Gasteiger partial charge in [0.25, 0.3) is 0 Å². The number of carbonyl (C=O) groups is 1. The maximum Gasteiger partial charge on any atom is 0.322 e. The van der Waals surface area contributed by atoms with Crippen LogP contribution in [0.2, 0.25) is 0 Å². The molecular weight excluding hydrogens is 286 g/mol. The zero-order valence-electron chi connectivity index (χ0n) is 12.9. The zero-order chi connectivity index (χ0) is 16.2. The van der Waals surface area contributed by atoms with E-state index in [1.807, 2.05) is 55.6 Å². The average Bonchev–Trinajstić information content (AvgIpc) is 2.62. The molecule has 4 heteroatoms. The van der Waals surface area contributed by atoms with Crippen LogP contribution >= 0.6 is 0 Å². The Kier molecular flexibility index (Phi) is 4.11. The van der Waals surface area contributed by atoms with Crippen LogP contribution in [0.1, 0.15) is 29.7 Å². The number of amides is 2. The summed E-state index contributed by atoms with van der Waals surface area (Å²) in [5.74, 6) is 0. The highest BCUT2D eigenvalue weighted by Gasteiger charge is 2.27. The molecule has 0 saturated heterocycles.